The fourth-order valence-corrected chi connectivity index (χ4v) is 5.29. The van der Waals surface area contributed by atoms with E-state index in [1.54, 1.807) is 5.57 Å². The minimum Gasteiger partial charge on any atom is -0.103 e. The van der Waals surface area contributed by atoms with Crippen LogP contribution in [0.2, 0.25) is 0 Å². The maximum Gasteiger partial charge on any atom is 0.0196 e. The van der Waals surface area contributed by atoms with Crippen LogP contribution in [-0.2, 0) is 0 Å². The summed E-state index contributed by atoms with van der Waals surface area (Å²) in [6, 6.07) is 18.1. The van der Waals surface area contributed by atoms with E-state index < -0.39 is 0 Å². The molecule has 132 valence electrons. The van der Waals surface area contributed by atoms with Gasteiger partial charge in [0.05, 0.1) is 0 Å². The van der Waals surface area contributed by atoms with Crippen molar-refractivity contribution < 1.29 is 0 Å². The van der Waals surface area contributed by atoms with Gasteiger partial charge in [-0.05, 0) is 47.9 Å². The average Bonchev–Trinajstić information content (AvgIpc) is 3.32. The van der Waals surface area contributed by atoms with Gasteiger partial charge >= 0.3 is 0 Å². The lowest BCUT2D eigenvalue weighted by atomic mass is 9.61. The van der Waals surface area contributed by atoms with Gasteiger partial charge < -0.3 is 0 Å². The van der Waals surface area contributed by atoms with Crippen LogP contribution in [0.4, 0.5) is 0 Å². The second-order valence-electron chi connectivity index (χ2n) is 7.67. The molecule has 0 saturated carbocycles. The number of hydrogen-bond acceptors (Lipinski definition) is 0. The predicted molar refractivity (Wildman–Crippen MR) is 112 cm³/mol. The maximum atomic E-state index is 4.03. The smallest absolute Gasteiger partial charge is 0.0196 e. The highest BCUT2D eigenvalue weighted by Crippen LogP contribution is 2.60. The summed E-state index contributed by atoms with van der Waals surface area (Å²) in [4.78, 5) is 0. The number of allylic oxidation sites excluding steroid dienone is 5. The summed E-state index contributed by atoms with van der Waals surface area (Å²) in [5.74, 6) is 0.445. The molecule has 0 aromatic heterocycles. The second kappa shape index (κ2) is 7.11. The van der Waals surface area contributed by atoms with Gasteiger partial charge in [0.1, 0.15) is 0 Å². The zero-order valence-corrected chi connectivity index (χ0v) is 15.7. The Morgan fingerprint density at radius 1 is 1.00 bits per heavy atom. The largest absolute Gasteiger partial charge is 0.103 e. The first-order valence-electron chi connectivity index (χ1n) is 9.97. The van der Waals surface area contributed by atoms with E-state index in [2.05, 4.69) is 86.3 Å². The van der Waals surface area contributed by atoms with Crippen molar-refractivity contribution in [2.45, 2.75) is 44.9 Å². The van der Waals surface area contributed by atoms with Gasteiger partial charge in [0, 0.05) is 11.3 Å². The molecule has 0 bridgehead atoms. The standard InChI is InChI=1S/C26H28/c1-3-5-19-26(18-4-2,20-12-6-7-13-20)25-23-16-10-8-14-21(23)22-15-9-11-17-24(22)25/h3,6-12,14-17,25H,1,4-5,13,18-19H2,2H3. The van der Waals surface area contributed by atoms with E-state index in [4.69, 9.17) is 0 Å². The summed E-state index contributed by atoms with van der Waals surface area (Å²) in [6.45, 7) is 6.36. The molecule has 0 heterocycles. The summed E-state index contributed by atoms with van der Waals surface area (Å²) >= 11 is 0. The van der Waals surface area contributed by atoms with E-state index in [-0.39, 0.29) is 5.41 Å². The Morgan fingerprint density at radius 3 is 2.19 bits per heavy atom. The lowest BCUT2D eigenvalue weighted by molar-refractivity contribution is 0.260. The molecular formula is C26H28. The Hall–Kier alpha value is -2.34. The molecule has 2 aliphatic carbocycles. The van der Waals surface area contributed by atoms with Crippen molar-refractivity contribution in [3.8, 4) is 11.1 Å². The number of fused-ring (bicyclic) bond motifs is 3. The minimum absolute atomic E-state index is 0.176. The molecule has 0 nitrogen and oxygen atoms in total. The molecule has 4 rings (SSSR count). The SMILES string of the molecule is C=CCCC(CCC)(C1=CC=CC1)C1c2ccccc2-c2ccccc21. The van der Waals surface area contributed by atoms with Crippen LogP contribution in [-0.4, -0.2) is 0 Å². The monoisotopic (exact) mass is 340 g/mol. The highest BCUT2D eigenvalue weighted by atomic mass is 14.5. The summed E-state index contributed by atoms with van der Waals surface area (Å²) in [7, 11) is 0. The minimum atomic E-state index is 0.176. The normalized spacial score (nSPS) is 17.5. The number of benzene rings is 2. The number of hydrogen-bond donors (Lipinski definition) is 0. The highest BCUT2D eigenvalue weighted by Gasteiger charge is 2.46. The molecule has 0 saturated heterocycles. The Labute approximate surface area is 158 Å². The van der Waals surface area contributed by atoms with Gasteiger partial charge in [-0.15, -0.1) is 6.58 Å². The van der Waals surface area contributed by atoms with Crippen molar-refractivity contribution in [1.29, 1.82) is 0 Å². The van der Waals surface area contributed by atoms with Crippen LogP contribution in [0, 0.1) is 5.41 Å². The van der Waals surface area contributed by atoms with Crippen LogP contribution in [0.1, 0.15) is 56.1 Å². The molecule has 0 heteroatoms. The van der Waals surface area contributed by atoms with Crippen molar-refractivity contribution in [3.05, 3.63) is 96.1 Å². The molecule has 1 unspecified atom stereocenters. The number of rotatable bonds is 7. The Kier molecular flexibility index (Phi) is 4.68. The molecule has 2 aromatic carbocycles. The van der Waals surface area contributed by atoms with Gasteiger partial charge in [-0.1, -0.05) is 91.8 Å². The average molecular weight is 341 g/mol. The van der Waals surface area contributed by atoms with E-state index >= 15 is 0 Å². The van der Waals surface area contributed by atoms with Gasteiger partial charge in [-0.3, -0.25) is 0 Å². The van der Waals surface area contributed by atoms with E-state index in [1.165, 1.54) is 41.5 Å². The van der Waals surface area contributed by atoms with Gasteiger partial charge in [-0.25, -0.2) is 0 Å². The Balaban J connectivity index is 1.94. The third-order valence-corrected chi connectivity index (χ3v) is 6.29. The molecule has 0 spiro atoms. The lowest BCUT2D eigenvalue weighted by Crippen LogP contribution is -2.31. The van der Waals surface area contributed by atoms with E-state index in [0.29, 0.717) is 5.92 Å². The first kappa shape index (κ1) is 17.1. The van der Waals surface area contributed by atoms with Crippen LogP contribution in [0.5, 0.6) is 0 Å². The van der Waals surface area contributed by atoms with Gasteiger partial charge in [0.25, 0.3) is 0 Å². The molecule has 0 amide bonds. The third-order valence-electron chi connectivity index (χ3n) is 6.29. The highest BCUT2D eigenvalue weighted by molar-refractivity contribution is 5.79. The van der Waals surface area contributed by atoms with Gasteiger partial charge in [0.2, 0.25) is 0 Å². The molecule has 2 aromatic rings. The molecule has 0 fully saturated rings. The van der Waals surface area contributed by atoms with Crippen molar-refractivity contribution in [2.24, 2.45) is 5.41 Å². The zero-order chi connectivity index (χ0) is 18.0. The van der Waals surface area contributed by atoms with E-state index in [0.717, 1.165) is 12.8 Å². The molecule has 2 aliphatic rings. The van der Waals surface area contributed by atoms with Crippen molar-refractivity contribution in [3.63, 3.8) is 0 Å². The molecular weight excluding hydrogens is 312 g/mol. The van der Waals surface area contributed by atoms with Crippen molar-refractivity contribution >= 4 is 0 Å². The second-order valence-corrected chi connectivity index (χ2v) is 7.67. The molecule has 0 N–H and O–H groups in total. The van der Waals surface area contributed by atoms with Gasteiger partial charge in [0.15, 0.2) is 0 Å². The first-order chi connectivity index (χ1) is 12.8. The van der Waals surface area contributed by atoms with E-state index in [1.807, 2.05) is 0 Å². The fraction of sp³-hybridized carbons (Fsp3) is 0.308. The predicted octanol–water partition coefficient (Wildman–Crippen LogP) is 7.44. The van der Waals surface area contributed by atoms with Crippen LogP contribution < -0.4 is 0 Å². The molecule has 26 heavy (non-hydrogen) atoms. The van der Waals surface area contributed by atoms with Crippen molar-refractivity contribution in [1.82, 2.24) is 0 Å². The Bertz CT molecular complexity index is 822. The summed E-state index contributed by atoms with van der Waals surface area (Å²) in [6.07, 6.45) is 14.8. The van der Waals surface area contributed by atoms with Gasteiger partial charge in [-0.2, -0.15) is 0 Å². The molecule has 0 aliphatic heterocycles. The summed E-state index contributed by atoms with van der Waals surface area (Å²) in [5, 5.41) is 0. The maximum absolute atomic E-state index is 4.03. The van der Waals surface area contributed by atoms with Crippen molar-refractivity contribution in [2.75, 3.05) is 0 Å². The quantitative estimate of drug-likeness (QED) is 0.459. The topological polar surface area (TPSA) is 0 Å². The molecule has 0 radical (unpaired) electrons. The fourth-order valence-electron chi connectivity index (χ4n) is 5.29. The Morgan fingerprint density at radius 2 is 1.65 bits per heavy atom. The first-order valence-corrected chi connectivity index (χ1v) is 9.97. The van der Waals surface area contributed by atoms with Crippen LogP contribution >= 0.6 is 0 Å². The van der Waals surface area contributed by atoms with E-state index in [9.17, 15) is 0 Å². The summed E-state index contributed by atoms with van der Waals surface area (Å²) in [5.41, 5.74) is 7.67. The molecule has 1 atom stereocenters. The van der Waals surface area contributed by atoms with Crippen LogP contribution in [0.3, 0.4) is 0 Å². The van der Waals surface area contributed by atoms with Crippen LogP contribution in [0.15, 0.2) is 85.0 Å². The summed E-state index contributed by atoms with van der Waals surface area (Å²) < 4.78 is 0. The lowest BCUT2D eigenvalue weighted by Gasteiger charge is -2.42. The zero-order valence-electron chi connectivity index (χ0n) is 15.7. The van der Waals surface area contributed by atoms with Crippen LogP contribution in [0.25, 0.3) is 11.1 Å². The third kappa shape index (κ3) is 2.60.